The van der Waals surface area contributed by atoms with Crippen molar-refractivity contribution in [1.29, 1.82) is 0 Å². The van der Waals surface area contributed by atoms with Crippen LogP contribution < -0.4 is 14.8 Å². The van der Waals surface area contributed by atoms with Crippen LogP contribution in [-0.4, -0.2) is 29.4 Å². The summed E-state index contributed by atoms with van der Waals surface area (Å²) in [5, 5.41) is 20.7. The summed E-state index contributed by atoms with van der Waals surface area (Å²) in [6, 6.07) is 16.8. The van der Waals surface area contributed by atoms with Gasteiger partial charge in [-0.1, -0.05) is 11.6 Å². The lowest BCUT2D eigenvalue weighted by molar-refractivity contribution is -0.384. The number of sulfonamides is 1. The first kappa shape index (κ1) is 24.6. The Morgan fingerprint density at radius 3 is 2.36 bits per heavy atom. The maximum atomic E-state index is 12.5. The van der Waals surface area contributed by atoms with Crippen molar-refractivity contribution >= 4 is 44.7 Å². The van der Waals surface area contributed by atoms with Gasteiger partial charge >= 0.3 is 0 Å². The number of anilines is 2. The molecule has 0 spiro atoms. The van der Waals surface area contributed by atoms with Gasteiger partial charge in [0.15, 0.2) is 16.7 Å². The highest BCUT2D eigenvalue weighted by atomic mass is 35.5. The minimum absolute atomic E-state index is 0.00262. The van der Waals surface area contributed by atoms with Gasteiger partial charge in [0.25, 0.3) is 21.6 Å². The van der Waals surface area contributed by atoms with Gasteiger partial charge in [-0.2, -0.15) is 0 Å². The molecule has 0 saturated heterocycles. The Balaban J connectivity index is 1.34. The van der Waals surface area contributed by atoms with E-state index in [-0.39, 0.29) is 33.9 Å². The second kappa shape index (κ2) is 10.4. The van der Waals surface area contributed by atoms with E-state index in [1.54, 1.807) is 6.07 Å². The number of nitrogens with zero attached hydrogens (tertiary/aromatic N) is 3. The maximum Gasteiger partial charge on any atom is 0.291 e. The van der Waals surface area contributed by atoms with Crippen molar-refractivity contribution in [1.82, 2.24) is 10.2 Å². The second-order valence-corrected chi connectivity index (χ2v) is 9.20. The highest BCUT2D eigenvalue weighted by Crippen LogP contribution is 2.21. The van der Waals surface area contributed by atoms with Gasteiger partial charge in [0.05, 0.1) is 9.82 Å². The predicted molar refractivity (Wildman–Crippen MR) is 128 cm³/mol. The summed E-state index contributed by atoms with van der Waals surface area (Å²) in [6.45, 7) is 0.00262. The van der Waals surface area contributed by atoms with Crippen molar-refractivity contribution in [2.45, 2.75) is 11.5 Å². The Hall–Kier alpha value is -4.49. The van der Waals surface area contributed by atoms with Gasteiger partial charge in [-0.15, -0.1) is 10.2 Å². The summed E-state index contributed by atoms with van der Waals surface area (Å²) >= 11 is 5.64. The Morgan fingerprint density at radius 2 is 1.72 bits per heavy atom. The number of rotatable bonds is 9. The number of nitrogens with one attached hydrogen (secondary N) is 2. The molecule has 0 fully saturated rings. The topological polar surface area (TPSA) is 167 Å². The number of aromatic nitrogens is 2. The molecule has 0 unspecified atom stereocenters. The van der Waals surface area contributed by atoms with Crippen LogP contribution in [0.25, 0.3) is 0 Å². The van der Waals surface area contributed by atoms with E-state index in [4.69, 9.17) is 20.8 Å². The molecule has 0 atom stereocenters. The Bertz CT molecular complexity index is 1490. The molecule has 0 radical (unpaired) electrons. The van der Waals surface area contributed by atoms with E-state index in [0.717, 1.165) is 0 Å². The number of carbonyl (C=O) groups excluding carboxylic acids is 1. The molecule has 0 saturated carbocycles. The zero-order valence-corrected chi connectivity index (χ0v) is 19.7. The van der Waals surface area contributed by atoms with Crippen LogP contribution in [0.3, 0.4) is 0 Å². The molecule has 4 aromatic rings. The number of hydrogen-bond acceptors (Lipinski definition) is 9. The molecule has 0 aliphatic heterocycles. The number of furan rings is 1. The van der Waals surface area contributed by atoms with Gasteiger partial charge in [-0.3, -0.25) is 19.6 Å². The maximum absolute atomic E-state index is 12.5. The number of benzene rings is 2. The molecule has 14 heteroatoms. The largest absolute Gasteiger partial charge is 0.486 e. The van der Waals surface area contributed by atoms with Gasteiger partial charge in [0.2, 0.25) is 0 Å². The highest BCUT2D eigenvalue weighted by molar-refractivity contribution is 7.92. The normalized spacial score (nSPS) is 11.0. The van der Waals surface area contributed by atoms with Crippen molar-refractivity contribution < 1.29 is 27.3 Å². The number of nitro groups is 1. The third-order valence-electron chi connectivity index (χ3n) is 4.61. The molecule has 2 N–H and O–H groups in total. The van der Waals surface area contributed by atoms with Crippen LogP contribution in [0.15, 0.2) is 82.1 Å². The van der Waals surface area contributed by atoms with Crippen LogP contribution >= 0.6 is 11.6 Å². The summed E-state index contributed by atoms with van der Waals surface area (Å²) in [5.41, 5.74) is 0.280. The molecule has 1 amide bonds. The zero-order chi connectivity index (χ0) is 25.7. The van der Waals surface area contributed by atoms with Crippen LogP contribution in [0, 0.1) is 10.1 Å². The molecule has 4 rings (SSSR count). The van der Waals surface area contributed by atoms with Crippen LogP contribution in [0.5, 0.6) is 5.75 Å². The van der Waals surface area contributed by atoms with Crippen LogP contribution in [0.1, 0.15) is 16.3 Å². The SMILES string of the molecule is O=C(Nc1ccc(S(=O)(=O)Nc2ccc(Cl)nn2)cc1)c1ccc(COc2ccc([N+](=O)[O-])cc2)o1. The Kier molecular flexibility index (Phi) is 7.12. The van der Waals surface area contributed by atoms with E-state index in [2.05, 4.69) is 20.2 Å². The molecule has 0 aliphatic carbocycles. The van der Waals surface area contributed by atoms with Gasteiger partial charge in [0.1, 0.15) is 18.1 Å². The summed E-state index contributed by atoms with van der Waals surface area (Å²) in [4.78, 5) is 22.6. The summed E-state index contributed by atoms with van der Waals surface area (Å²) in [7, 11) is -3.93. The number of ether oxygens (including phenoxy) is 1. The quantitative estimate of drug-likeness (QED) is 0.238. The molecule has 0 bridgehead atoms. The van der Waals surface area contributed by atoms with Crippen molar-refractivity contribution in [3.05, 3.63) is 99.6 Å². The van der Waals surface area contributed by atoms with Gasteiger partial charge < -0.3 is 14.5 Å². The van der Waals surface area contributed by atoms with Gasteiger partial charge in [-0.25, -0.2) is 8.42 Å². The number of non-ortho nitro benzene ring substituents is 1. The van der Waals surface area contributed by atoms with Crippen molar-refractivity contribution in [3.8, 4) is 5.75 Å². The fourth-order valence-electron chi connectivity index (χ4n) is 2.87. The van der Waals surface area contributed by atoms with E-state index >= 15 is 0 Å². The van der Waals surface area contributed by atoms with E-state index in [1.165, 1.54) is 66.7 Å². The van der Waals surface area contributed by atoms with Crippen molar-refractivity contribution in [3.63, 3.8) is 0 Å². The molecule has 2 aromatic carbocycles. The van der Waals surface area contributed by atoms with Crippen molar-refractivity contribution in [2.24, 2.45) is 0 Å². The standard InChI is InChI=1S/C22H16ClN5O7S/c23-20-11-12-21(26-25-20)27-36(32,33)18-8-1-14(2-9-18)24-22(29)19-10-7-17(35-19)13-34-16-5-3-15(4-6-16)28(30)31/h1-12H,13H2,(H,24,29)(H,26,27). The van der Waals surface area contributed by atoms with E-state index < -0.39 is 20.9 Å². The van der Waals surface area contributed by atoms with Crippen LogP contribution in [0.4, 0.5) is 17.2 Å². The minimum Gasteiger partial charge on any atom is -0.486 e. The van der Waals surface area contributed by atoms with E-state index in [9.17, 15) is 23.3 Å². The van der Waals surface area contributed by atoms with Crippen LogP contribution in [-0.2, 0) is 16.6 Å². The molecular formula is C22H16ClN5O7S. The number of carbonyl (C=O) groups is 1. The number of amides is 1. The fourth-order valence-corrected chi connectivity index (χ4v) is 3.97. The Morgan fingerprint density at radius 1 is 1.00 bits per heavy atom. The molecule has 184 valence electrons. The minimum atomic E-state index is -3.93. The van der Waals surface area contributed by atoms with Gasteiger partial charge in [-0.05, 0) is 60.7 Å². The smallest absolute Gasteiger partial charge is 0.291 e. The predicted octanol–water partition coefficient (Wildman–Crippen LogP) is 4.26. The molecule has 2 heterocycles. The summed E-state index contributed by atoms with van der Waals surface area (Å²) in [5.74, 6) is 0.216. The molecule has 2 aromatic heterocycles. The number of nitro benzene ring substituents is 1. The molecule has 12 nitrogen and oxygen atoms in total. The van der Waals surface area contributed by atoms with E-state index in [0.29, 0.717) is 17.2 Å². The monoisotopic (exact) mass is 529 g/mol. The molecule has 0 aliphatic rings. The first-order valence-electron chi connectivity index (χ1n) is 10.1. The third kappa shape index (κ3) is 6.14. The first-order chi connectivity index (χ1) is 17.2. The first-order valence-corrected chi connectivity index (χ1v) is 12.0. The number of hydrogen-bond donors (Lipinski definition) is 2. The van der Waals surface area contributed by atoms with Crippen LogP contribution in [0.2, 0.25) is 5.15 Å². The summed E-state index contributed by atoms with van der Waals surface area (Å²) in [6.07, 6.45) is 0. The lowest BCUT2D eigenvalue weighted by Gasteiger charge is -2.08. The molecule has 36 heavy (non-hydrogen) atoms. The lowest BCUT2D eigenvalue weighted by atomic mass is 10.3. The highest BCUT2D eigenvalue weighted by Gasteiger charge is 2.17. The summed E-state index contributed by atoms with van der Waals surface area (Å²) < 4.78 is 38.3. The number of halogens is 1. The van der Waals surface area contributed by atoms with E-state index in [1.807, 2.05) is 0 Å². The van der Waals surface area contributed by atoms with Crippen molar-refractivity contribution in [2.75, 3.05) is 10.0 Å². The lowest BCUT2D eigenvalue weighted by Crippen LogP contribution is -2.15. The average molecular weight is 530 g/mol. The molecular weight excluding hydrogens is 514 g/mol. The Labute approximate surface area is 209 Å². The third-order valence-corrected chi connectivity index (χ3v) is 6.18. The average Bonchev–Trinajstić information content (AvgIpc) is 3.34. The second-order valence-electron chi connectivity index (χ2n) is 7.13. The van der Waals surface area contributed by atoms with Gasteiger partial charge in [0, 0.05) is 17.8 Å². The fraction of sp³-hybridized carbons (Fsp3) is 0.0455. The zero-order valence-electron chi connectivity index (χ0n) is 18.1.